The summed E-state index contributed by atoms with van der Waals surface area (Å²) in [6, 6.07) is 11.3. The number of aliphatic hydroxyl groups is 4. The molecule has 2 fully saturated rings. The molecule has 11 heteroatoms. The molecule has 1 aliphatic carbocycles. The third-order valence-electron chi connectivity index (χ3n) is 6.99. The molecular weight excluding hydrogens is 505 g/mol. The van der Waals surface area contributed by atoms with Crippen molar-refractivity contribution in [1.29, 1.82) is 0 Å². The van der Waals surface area contributed by atoms with Gasteiger partial charge in [-0.25, -0.2) is 0 Å². The van der Waals surface area contributed by atoms with Crippen LogP contribution in [0.5, 0.6) is 5.75 Å². The van der Waals surface area contributed by atoms with Crippen LogP contribution in [0, 0.1) is 5.41 Å². The van der Waals surface area contributed by atoms with Gasteiger partial charge in [0.1, 0.15) is 42.2 Å². The summed E-state index contributed by atoms with van der Waals surface area (Å²) in [5.74, 6) is -1.55. The Balaban J connectivity index is 1.52. The first-order valence-electron chi connectivity index (χ1n) is 11.4. The van der Waals surface area contributed by atoms with Crippen molar-refractivity contribution in [3.63, 3.8) is 0 Å². The lowest BCUT2D eigenvalue weighted by Crippen LogP contribution is -2.64. The maximum Gasteiger partial charge on any atom is 0.397 e. The van der Waals surface area contributed by atoms with Gasteiger partial charge in [-0.15, -0.1) is 0 Å². The fourth-order valence-corrected chi connectivity index (χ4v) is 4.58. The Bertz CT molecular complexity index is 1060. The van der Waals surface area contributed by atoms with Crippen LogP contribution in [-0.4, -0.2) is 71.3 Å². The van der Waals surface area contributed by atoms with E-state index in [-0.39, 0.29) is 12.8 Å². The molecular formula is C25H28ClF3O7. The zero-order valence-electron chi connectivity index (χ0n) is 19.4. The summed E-state index contributed by atoms with van der Waals surface area (Å²) >= 11 is 6.39. The van der Waals surface area contributed by atoms with Crippen LogP contribution in [-0.2, 0) is 21.7 Å². The van der Waals surface area contributed by atoms with Crippen LogP contribution >= 0.6 is 11.6 Å². The number of halogens is 4. The molecule has 2 aromatic carbocycles. The summed E-state index contributed by atoms with van der Waals surface area (Å²) in [6.07, 6.45) is -9.86. The van der Waals surface area contributed by atoms with Crippen molar-refractivity contribution < 1.29 is 47.8 Å². The summed E-state index contributed by atoms with van der Waals surface area (Å²) in [5, 5.41) is 41.1. The average Bonchev–Trinajstić information content (AvgIpc) is 3.66. The molecule has 1 saturated carbocycles. The van der Waals surface area contributed by atoms with Gasteiger partial charge in [-0.3, -0.25) is 0 Å². The molecule has 2 aromatic rings. The van der Waals surface area contributed by atoms with Crippen molar-refractivity contribution in [2.75, 3.05) is 20.3 Å². The number of methoxy groups -OCH3 is 1. The minimum absolute atomic E-state index is 0.0693. The normalized spacial score (nSPS) is 29.7. The second-order valence-electron chi connectivity index (χ2n) is 9.33. The van der Waals surface area contributed by atoms with E-state index in [1.807, 2.05) is 0 Å². The Hall–Kier alpha value is -1.92. The van der Waals surface area contributed by atoms with E-state index in [4.69, 9.17) is 25.8 Å². The zero-order chi connectivity index (χ0) is 26.3. The summed E-state index contributed by atoms with van der Waals surface area (Å²) in [4.78, 5) is 0. The predicted octanol–water partition coefficient (Wildman–Crippen LogP) is 2.93. The summed E-state index contributed by atoms with van der Waals surface area (Å²) in [7, 11) is 1.26. The van der Waals surface area contributed by atoms with E-state index in [0.29, 0.717) is 28.3 Å². The first kappa shape index (κ1) is 27.1. The minimum atomic E-state index is -4.28. The number of hydrogen-bond donors (Lipinski definition) is 4. The number of aliphatic hydroxyl groups excluding tert-OH is 4. The largest absolute Gasteiger partial charge is 0.493 e. The average molecular weight is 533 g/mol. The molecule has 2 aliphatic rings. The van der Waals surface area contributed by atoms with Crippen LogP contribution in [0.25, 0.3) is 0 Å². The second-order valence-corrected chi connectivity index (χ2v) is 9.74. The van der Waals surface area contributed by atoms with Crippen LogP contribution in [0.15, 0.2) is 42.5 Å². The molecule has 5 atom stereocenters. The first-order chi connectivity index (χ1) is 17.0. The van der Waals surface area contributed by atoms with Crippen molar-refractivity contribution >= 4 is 11.6 Å². The van der Waals surface area contributed by atoms with Crippen LogP contribution in [0.1, 0.15) is 29.5 Å². The molecule has 0 amide bonds. The van der Waals surface area contributed by atoms with Gasteiger partial charge in [-0.05, 0) is 54.7 Å². The van der Waals surface area contributed by atoms with Gasteiger partial charge in [0, 0.05) is 17.7 Å². The number of rotatable bonds is 8. The van der Waals surface area contributed by atoms with E-state index >= 15 is 0 Å². The highest BCUT2D eigenvalue weighted by Gasteiger charge is 2.64. The molecule has 1 saturated heterocycles. The smallest absolute Gasteiger partial charge is 0.397 e. The third-order valence-corrected chi connectivity index (χ3v) is 7.36. The number of hydrogen-bond acceptors (Lipinski definition) is 7. The number of alkyl halides is 3. The van der Waals surface area contributed by atoms with Crippen molar-refractivity contribution in [2.45, 2.75) is 55.6 Å². The molecule has 36 heavy (non-hydrogen) atoms. The second kappa shape index (κ2) is 10.1. The molecule has 7 nitrogen and oxygen atoms in total. The van der Waals surface area contributed by atoms with Crippen LogP contribution in [0.3, 0.4) is 0 Å². The summed E-state index contributed by atoms with van der Waals surface area (Å²) < 4.78 is 55.9. The third kappa shape index (κ3) is 4.96. The molecule has 0 radical (unpaired) electrons. The van der Waals surface area contributed by atoms with Crippen molar-refractivity contribution in [2.24, 2.45) is 5.41 Å². The molecule has 1 unspecified atom stereocenters. The standard InChI is InChI=1S/C25H28ClF3O7/c1-34-24(22(33)21(32)20(31)19(12-30)36-24)16-4-7-18(26)15(11-16)10-14-2-5-17(6-3-14)35-13-23(8-9-23)25(27,28)29/h2-7,11,19-22,30-33H,8-10,12-13H2,1H3/t19-,20-,21+,22-,24?/m1/s1. The first-order valence-corrected chi connectivity index (χ1v) is 11.8. The molecule has 198 valence electrons. The van der Waals surface area contributed by atoms with Crippen molar-refractivity contribution in [3.8, 4) is 5.75 Å². The van der Waals surface area contributed by atoms with Crippen LogP contribution in [0.2, 0.25) is 5.02 Å². The molecule has 0 bridgehead atoms. The molecule has 4 N–H and O–H groups in total. The van der Waals surface area contributed by atoms with Crippen LogP contribution in [0.4, 0.5) is 13.2 Å². The lowest BCUT2D eigenvalue weighted by atomic mass is 9.87. The van der Waals surface area contributed by atoms with E-state index in [1.165, 1.54) is 7.11 Å². The molecule has 0 spiro atoms. The topological polar surface area (TPSA) is 109 Å². The van der Waals surface area contributed by atoms with Gasteiger partial charge < -0.3 is 34.6 Å². The molecule has 1 heterocycles. The zero-order valence-corrected chi connectivity index (χ0v) is 20.2. The van der Waals surface area contributed by atoms with E-state index in [9.17, 15) is 33.6 Å². The van der Waals surface area contributed by atoms with Gasteiger partial charge in [0.15, 0.2) is 0 Å². The van der Waals surface area contributed by atoms with Gasteiger partial charge in [0.25, 0.3) is 0 Å². The Morgan fingerprint density at radius 3 is 2.28 bits per heavy atom. The Kier molecular flexibility index (Phi) is 7.60. The van der Waals surface area contributed by atoms with Gasteiger partial charge in [-0.2, -0.15) is 13.2 Å². The number of benzene rings is 2. The highest BCUT2D eigenvalue weighted by Crippen LogP contribution is 2.57. The highest BCUT2D eigenvalue weighted by molar-refractivity contribution is 6.31. The van der Waals surface area contributed by atoms with E-state index in [0.717, 1.165) is 5.56 Å². The monoisotopic (exact) mass is 532 g/mol. The van der Waals surface area contributed by atoms with Gasteiger partial charge in [0.05, 0.1) is 6.61 Å². The minimum Gasteiger partial charge on any atom is -0.493 e. The molecule has 0 aromatic heterocycles. The SMILES string of the molecule is COC1(c2ccc(Cl)c(Cc3ccc(OCC4(C(F)(F)F)CC4)cc3)c2)O[C@H](CO)[C@@H](O)[C@H](O)[C@H]1O. The lowest BCUT2D eigenvalue weighted by Gasteiger charge is -2.47. The molecule has 1 aliphatic heterocycles. The van der Waals surface area contributed by atoms with Crippen LogP contribution < -0.4 is 4.74 Å². The maximum absolute atomic E-state index is 13.1. The Labute approximate surface area is 211 Å². The van der Waals surface area contributed by atoms with Crippen molar-refractivity contribution in [1.82, 2.24) is 0 Å². The van der Waals surface area contributed by atoms with E-state index in [2.05, 4.69) is 0 Å². The lowest BCUT2D eigenvalue weighted by molar-refractivity contribution is -0.366. The fourth-order valence-electron chi connectivity index (χ4n) is 4.40. The van der Waals surface area contributed by atoms with E-state index in [1.54, 1.807) is 42.5 Å². The summed E-state index contributed by atoms with van der Waals surface area (Å²) in [5.41, 5.74) is -0.0339. The van der Waals surface area contributed by atoms with Gasteiger partial charge in [-0.1, -0.05) is 29.8 Å². The quantitative estimate of drug-likeness (QED) is 0.414. The fraction of sp³-hybridized carbons (Fsp3) is 0.520. The molecule has 4 rings (SSSR count). The maximum atomic E-state index is 13.1. The van der Waals surface area contributed by atoms with Crippen molar-refractivity contribution in [3.05, 3.63) is 64.2 Å². The number of ether oxygens (including phenoxy) is 3. The van der Waals surface area contributed by atoms with E-state index < -0.39 is 55.0 Å². The Morgan fingerprint density at radius 2 is 1.72 bits per heavy atom. The Morgan fingerprint density at radius 1 is 1.06 bits per heavy atom. The highest BCUT2D eigenvalue weighted by atomic mass is 35.5. The van der Waals surface area contributed by atoms with Gasteiger partial charge in [0.2, 0.25) is 5.79 Å². The predicted molar refractivity (Wildman–Crippen MR) is 123 cm³/mol. The van der Waals surface area contributed by atoms with Gasteiger partial charge >= 0.3 is 6.18 Å². The summed E-state index contributed by atoms with van der Waals surface area (Å²) in [6.45, 7) is -1.03.